The Bertz CT molecular complexity index is 609. The van der Waals surface area contributed by atoms with Gasteiger partial charge in [-0.2, -0.15) is 4.98 Å². The predicted octanol–water partition coefficient (Wildman–Crippen LogP) is 2.80. The molecule has 0 saturated heterocycles. The average molecular weight is 328 g/mol. The van der Waals surface area contributed by atoms with Crippen molar-refractivity contribution in [1.29, 1.82) is 0 Å². The molecule has 0 radical (unpaired) electrons. The second-order valence-corrected chi connectivity index (χ2v) is 4.62. The van der Waals surface area contributed by atoms with Crippen molar-refractivity contribution < 1.29 is 9.13 Å². The highest BCUT2D eigenvalue weighted by atomic mass is 79.9. The van der Waals surface area contributed by atoms with Crippen LogP contribution in [0.2, 0.25) is 0 Å². The molecule has 2 aromatic rings. The van der Waals surface area contributed by atoms with Crippen molar-refractivity contribution in [3.63, 3.8) is 0 Å². The molecular formula is C11H7BrFN3OS. The van der Waals surface area contributed by atoms with Crippen LogP contribution in [0.15, 0.2) is 34.9 Å². The molecule has 0 bridgehead atoms. The molecule has 0 spiro atoms. The summed E-state index contributed by atoms with van der Waals surface area (Å²) in [6.07, 6.45) is 1.44. The zero-order valence-electron chi connectivity index (χ0n) is 8.93. The molecule has 0 aliphatic rings. The van der Waals surface area contributed by atoms with Gasteiger partial charge in [0, 0.05) is 10.7 Å². The lowest BCUT2D eigenvalue weighted by molar-refractivity contribution is 0.410. The standard InChI is InChI=1S/C11H7BrFN3OS/c12-6-1-2-7(13)9(5-6)17-11-15-4-3-8(16-11)10(14)18/h1-5H,(H2,14,18). The Kier molecular flexibility index (Phi) is 3.83. The Balaban J connectivity index is 2.31. The summed E-state index contributed by atoms with van der Waals surface area (Å²) < 4.78 is 19.4. The number of benzene rings is 1. The Labute approximate surface area is 116 Å². The minimum Gasteiger partial charge on any atom is -0.421 e. The van der Waals surface area contributed by atoms with E-state index in [1.165, 1.54) is 18.3 Å². The van der Waals surface area contributed by atoms with Gasteiger partial charge in [-0.1, -0.05) is 28.1 Å². The summed E-state index contributed by atoms with van der Waals surface area (Å²) in [6.45, 7) is 0. The van der Waals surface area contributed by atoms with Gasteiger partial charge in [0.2, 0.25) is 0 Å². The van der Waals surface area contributed by atoms with E-state index in [2.05, 4.69) is 25.9 Å². The van der Waals surface area contributed by atoms with Crippen molar-refractivity contribution in [2.45, 2.75) is 0 Å². The lowest BCUT2D eigenvalue weighted by Crippen LogP contribution is -2.12. The van der Waals surface area contributed by atoms with Gasteiger partial charge in [0.25, 0.3) is 0 Å². The second kappa shape index (κ2) is 5.36. The van der Waals surface area contributed by atoms with E-state index >= 15 is 0 Å². The van der Waals surface area contributed by atoms with Crippen molar-refractivity contribution in [2.24, 2.45) is 5.73 Å². The maximum absolute atomic E-state index is 13.5. The number of halogens is 2. The Morgan fingerprint density at radius 1 is 1.39 bits per heavy atom. The molecule has 0 unspecified atom stereocenters. The fourth-order valence-electron chi connectivity index (χ4n) is 1.18. The maximum atomic E-state index is 13.5. The van der Waals surface area contributed by atoms with Crippen LogP contribution >= 0.6 is 28.1 Å². The normalized spacial score (nSPS) is 10.1. The number of thiocarbonyl (C=S) groups is 1. The topological polar surface area (TPSA) is 61.0 Å². The van der Waals surface area contributed by atoms with Crippen LogP contribution in [0.1, 0.15) is 5.69 Å². The minimum atomic E-state index is -0.512. The van der Waals surface area contributed by atoms with Crippen LogP contribution in [-0.4, -0.2) is 15.0 Å². The van der Waals surface area contributed by atoms with Crippen molar-refractivity contribution in [3.8, 4) is 11.8 Å². The van der Waals surface area contributed by atoms with E-state index in [0.717, 1.165) is 0 Å². The smallest absolute Gasteiger partial charge is 0.322 e. The highest BCUT2D eigenvalue weighted by Gasteiger charge is 2.08. The molecule has 2 N–H and O–H groups in total. The van der Waals surface area contributed by atoms with E-state index in [1.54, 1.807) is 12.1 Å². The number of rotatable bonds is 3. The fourth-order valence-corrected chi connectivity index (χ4v) is 1.63. The van der Waals surface area contributed by atoms with E-state index in [-0.39, 0.29) is 16.7 Å². The molecule has 0 aliphatic carbocycles. The highest BCUT2D eigenvalue weighted by Crippen LogP contribution is 2.25. The number of hydrogen-bond acceptors (Lipinski definition) is 4. The van der Waals surface area contributed by atoms with Crippen molar-refractivity contribution in [3.05, 3.63) is 46.4 Å². The zero-order valence-corrected chi connectivity index (χ0v) is 11.3. The highest BCUT2D eigenvalue weighted by molar-refractivity contribution is 9.10. The molecule has 1 heterocycles. The van der Waals surface area contributed by atoms with Crippen LogP contribution in [0, 0.1) is 5.82 Å². The Morgan fingerprint density at radius 2 is 2.17 bits per heavy atom. The van der Waals surface area contributed by atoms with Crippen molar-refractivity contribution in [2.75, 3.05) is 0 Å². The van der Waals surface area contributed by atoms with Gasteiger partial charge >= 0.3 is 6.01 Å². The van der Waals surface area contributed by atoms with Gasteiger partial charge < -0.3 is 10.5 Å². The molecule has 18 heavy (non-hydrogen) atoms. The minimum absolute atomic E-state index is 0.0164. The molecule has 1 aromatic heterocycles. The van der Waals surface area contributed by atoms with Crippen molar-refractivity contribution >= 4 is 33.1 Å². The van der Waals surface area contributed by atoms with Crippen LogP contribution < -0.4 is 10.5 Å². The fraction of sp³-hybridized carbons (Fsp3) is 0. The van der Waals surface area contributed by atoms with E-state index < -0.39 is 5.82 Å². The molecule has 92 valence electrons. The summed E-state index contributed by atoms with van der Waals surface area (Å²) >= 11 is 8.00. The lowest BCUT2D eigenvalue weighted by atomic mass is 10.3. The lowest BCUT2D eigenvalue weighted by Gasteiger charge is -2.06. The van der Waals surface area contributed by atoms with Crippen LogP contribution in [-0.2, 0) is 0 Å². The Morgan fingerprint density at radius 3 is 2.89 bits per heavy atom. The number of nitrogens with two attached hydrogens (primary N) is 1. The van der Waals surface area contributed by atoms with Gasteiger partial charge in [-0.05, 0) is 24.3 Å². The SMILES string of the molecule is NC(=S)c1ccnc(Oc2cc(Br)ccc2F)n1. The first-order valence-electron chi connectivity index (χ1n) is 4.82. The number of nitrogens with zero attached hydrogens (tertiary/aromatic N) is 2. The second-order valence-electron chi connectivity index (χ2n) is 3.27. The largest absolute Gasteiger partial charge is 0.421 e. The number of hydrogen-bond donors (Lipinski definition) is 1. The summed E-state index contributed by atoms with van der Waals surface area (Å²) in [5.74, 6) is -0.494. The third-order valence-electron chi connectivity index (χ3n) is 1.98. The zero-order chi connectivity index (χ0) is 13.1. The molecule has 0 saturated carbocycles. The first-order valence-corrected chi connectivity index (χ1v) is 6.02. The van der Waals surface area contributed by atoms with Crippen LogP contribution in [0.3, 0.4) is 0 Å². The van der Waals surface area contributed by atoms with Gasteiger partial charge in [-0.3, -0.25) is 0 Å². The summed E-state index contributed by atoms with van der Waals surface area (Å²) in [5, 5.41) is 0. The van der Waals surface area contributed by atoms with E-state index in [1.807, 2.05) is 0 Å². The Hall–Kier alpha value is -1.60. The molecule has 0 fully saturated rings. The quantitative estimate of drug-likeness (QED) is 0.878. The summed E-state index contributed by atoms with van der Waals surface area (Å²) in [4.78, 5) is 7.94. The van der Waals surface area contributed by atoms with Crippen molar-refractivity contribution in [1.82, 2.24) is 9.97 Å². The summed E-state index contributed by atoms with van der Waals surface area (Å²) in [5.41, 5.74) is 5.80. The van der Waals surface area contributed by atoms with E-state index in [4.69, 9.17) is 22.7 Å². The monoisotopic (exact) mass is 327 g/mol. The summed E-state index contributed by atoms with van der Waals surface area (Å²) in [7, 11) is 0. The third-order valence-corrected chi connectivity index (χ3v) is 2.68. The van der Waals surface area contributed by atoms with Crippen LogP contribution in [0.4, 0.5) is 4.39 Å². The molecule has 2 rings (SSSR count). The number of ether oxygens (including phenoxy) is 1. The molecule has 0 atom stereocenters. The molecular weight excluding hydrogens is 321 g/mol. The van der Waals surface area contributed by atoms with E-state index in [9.17, 15) is 4.39 Å². The van der Waals surface area contributed by atoms with Gasteiger partial charge in [0.1, 0.15) is 10.7 Å². The molecule has 1 aromatic carbocycles. The predicted molar refractivity (Wildman–Crippen MR) is 72.1 cm³/mol. The summed E-state index contributed by atoms with van der Waals surface area (Å²) in [6, 6.07) is 5.85. The van der Waals surface area contributed by atoms with Gasteiger partial charge in [-0.15, -0.1) is 0 Å². The first kappa shape index (κ1) is 12.8. The molecule has 0 amide bonds. The van der Waals surface area contributed by atoms with Crippen LogP contribution in [0.25, 0.3) is 0 Å². The van der Waals surface area contributed by atoms with Gasteiger partial charge in [0.05, 0.1) is 0 Å². The maximum Gasteiger partial charge on any atom is 0.322 e. The molecule has 4 nitrogen and oxygen atoms in total. The van der Waals surface area contributed by atoms with E-state index in [0.29, 0.717) is 10.2 Å². The van der Waals surface area contributed by atoms with Gasteiger partial charge in [-0.25, -0.2) is 9.37 Å². The van der Waals surface area contributed by atoms with Gasteiger partial charge in [0.15, 0.2) is 11.6 Å². The number of aromatic nitrogens is 2. The van der Waals surface area contributed by atoms with Crippen LogP contribution in [0.5, 0.6) is 11.8 Å². The molecule has 7 heteroatoms. The average Bonchev–Trinajstić information content (AvgIpc) is 2.34. The third kappa shape index (κ3) is 2.99. The molecule has 0 aliphatic heterocycles. The first-order chi connectivity index (χ1) is 8.56.